The topological polar surface area (TPSA) is 73.2 Å². The zero-order chi connectivity index (χ0) is 15.0. The van der Waals surface area contributed by atoms with Crippen molar-refractivity contribution in [3.05, 3.63) is 29.8 Å². The lowest BCUT2D eigenvalue weighted by Crippen LogP contribution is -2.28. The maximum Gasteiger partial charge on any atom is 0.179 e. The molecule has 0 atom stereocenters. The highest BCUT2D eigenvalue weighted by Gasteiger charge is 2.15. The summed E-state index contributed by atoms with van der Waals surface area (Å²) in [6.45, 7) is 2.29. The minimum absolute atomic E-state index is 0.0922. The molecule has 0 unspecified atom stereocenters. The van der Waals surface area contributed by atoms with Crippen molar-refractivity contribution < 1.29 is 8.42 Å². The third kappa shape index (κ3) is 5.29. The lowest BCUT2D eigenvalue weighted by Gasteiger charge is -2.16. The summed E-state index contributed by atoms with van der Waals surface area (Å²) >= 11 is 0. The first-order valence-electron chi connectivity index (χ1n) is 6.55. The summed E-state index contributed by atoms with van der Waals surface area (Å²) in [6, 6.07) is 8.03. The minimum atomic E-state index is -3.28. The van der Waals surface area contributed by atoms with Gasteiger partial charge in [-0.25, -0.2) is 8.42 Å². The van der Waals surface area contributed by atoms with E-state index < -0.39 is 9.84 Å². The molecule has 0 heterocycles. The van der Waals surface area contributed by atoms with Gasteiger partial charge in [-0.15, -0.1) is 0 Å². The van der Waals surface area contributed by atoms with Crippen LogP contribution in [-0.2, 0) is 9.84 Å². The number of hydrogen-bond acceptors (Lipinski definition) is 5. The van der Waals surface area contributed by atoms with Crippen LogP contribution in [0.1, 0.15) is 12.0 Å². The molecule has 1 aromatic rings. The van der Waals surface area contributed by atoms with Crippen molar-refractivity contribution in [1.82, 2.24) is 10.2 Å². The third-order valence-corrected chi connectivity index (χ3v) is 4.76. The standard InChI is InChI=1S/C14H21N3O2S/c1-16-8-3-9-17(2)10-11-20(18,19)14-6-4-13(12-15)5-7-14/h4-7,16H,3,8-11H2,1-2H3. The molecule has 0 spiro atoms. The van der Waals surface area contributed by atoms with E-state index in [0.29, 0.717) is 12.1 Å². The highest BCUT2D eigenvalue weighted by molar-refractivity contribution is 7.91. The van der Waals surface area contributed by atoms with Crippen LogP contribution in [0.4, 0.5) is 0 Å². The second kappa shape index (κ2) is 8.00. The Balaban J connectivity index is 2.54. The smallest absolute Gasteiger partial charge is 0.179 e. The van der Waals surface area contributed by atoms with Gasteiger partial charge in [0.25, 0.3) is 0 Å². The second-order valence-electron chi connectivity index (χ2n) is 4.72. The highest BCUT2D eigenvalue weighted by atomic mass is 32.2. The molecular formula is C14H21N3O2S. The molecule has 5 nitrogen and oxygen atoms in total. The van der Waals surface area contributed by atoms with Gasteiger partial charge in [-0.2, -0.15) is 5.26 Å². The lowest BCUT2D eigenvalue weighted by atomic mass is 10.2. The average molecular weight is 295 g/mol. The molecule has 0 radical (unpaired) electrons. The molecule has 1 aromatic carbocycles. The minimum Gasteiger partial charge on any atom is -0.320 e. The van der Waals surface area contributed by atoms with Crippen LogP contribution in [0.3, 0.4) is 0 Å². The quantitative estimate of drug-likeness (QED) is 0.721. The van der Waals surface area contributed by atoms with Crippen molar-refractivity contribution in [2.24, 2.45) is 0 Å². The Hall–Kier alpha value is -1.42. The van der Waals surface area contributed by atoms with Gasteiger partial charge in [-0.3, -0.25) is 0 Å². The second-order valence-corrected chi connectivity index (χ2v) is 6.82. The predicted molar refractivity (Wildman–Crippen MR) is 79.3 cm³/mol. The largest absolute Gasteiger partial charge is 0.320 e. The van der Waals surface area contributed by atoms with E-state index in [1.165, 1.54) is 24.3 Å². The maximum atomic E-state index is 12.1. The van der Waals surface area contributed by atoms with E-state index in [4.69, 9.17) is 5.26 Å². The summed E-state index contributed by atoms with van der Waals surface area (Å²) < 4.78 is 24.3. The molecule has 0 aliphatic carbocycles. The molecule has 6 heteroatoms. The molecule has 0 bridgehead atoms. The van der Waals surface area contributed by atoms with Gasteiger partial charge in [0.05, 0.1) is 22.3 Å². The predicted octanol–water partition coefficient (Wildman–Crippen LogP) is 0.873. The van der Waals surface area contributed by atoms with E-state index in [2.05, 4.69) is 5.32 Å². The van der Waals surface area contributed by atoms with Crippen LogP contribution >= 0.6 is 0 Å². The summed E-state index contributed by atoms with van der Waals surface area (Å²) in [4.78, 5) is 2.29. The van der Waals surface area contributed by atoms with E-state index in [-0.39, 0.29) is 10.6 Å². The van der Waals surface area contributed by atoms with Crippen molar-refractivity contribution in [2.45, 2.75) is 11.3 Å². The van der Waals surface area contributed by atoms with Gasteiger partial charge in [-0.1, -0.05) is 0 Å². The summed E-state index contributed by atoms with van der Waals surface area (Å²) in [5.74, 6) is 0.0922. The van der Waals surface area contributed by atoms with Crippen LogP contribution in [0.2, 0.25) is 0 Å². The van der Waals surface area contributed by atoms with E-state index in [1.807, 2.05) is 25.1 Å². The van der Waals surface area contributed by atoms with Gasteiger partial charge in [0.2, 0.25) is 0 Å². The summed E-state index contributed by atoms with van der Waals surface area (Å²) in [7, 11) is 0.541. The van der Waals surface area contributed by atoms with Gasteiger partial charge in [0, 0.05) is 6.54 Å². The summed E-state index contributed by atoms with van der Waals surface area (Å²) in [6.07, 6.45) is 0.990. The van der Waals surface area contributed by atoms with E-state index >= 15 is 0 Å². The lowest BCUT2D eigenvalue weighted by molar-refractivity contribution is 0.346. The molecule has 0 aromatic heterocycles. The zero-order valence-corrected chi connectivity index (χ0v) is 12.8. The number of hydrogen-bond donors (Lipinski definition) is 1. The first kappa shape index (κ1) is 16.6. The Morgan fingerprint density at radius 1 is 1.25 bits per heavy atom. The van der Waals surface area contributed by atoms with E-state index in [0.717, 1.165) is 19.5 Å². The fraction of sp³-hybridized carbons (Fsp3) is 0.500. The van der Waals surface area contributed by atoms with Gasteiger partial charge < -0.3 is 10.2 Å². The average Bonchev–Trinajstić information content (AvgIpc) is 2.45. The molecule has 1 rings (SSSR count). The van der Waals surface area contributed by atoms with Crippen molar-refractivity contribution in [2.75, 3.05) is 39.5 Å². The number of benzene rings is 1. The molecule has 0 fully saturated rings. The molecule has 0 aliphatic heterocycles. The number of sulfone groups is 1. The van der Waals surface area contributed by atoms with Gasteiger partial charge in [-0.05, 0) is 57.9 Å². The van der Waals surface area contributed by atoms with Crippen molar-refractivity contribution in [3.8, 4) is 6.07 Å². The molecule has 0 aliphatic rings. The van der Waals surface area contributed by atoms with E-state index in [9.17, 15) is 8.42 Å². The van der Waals surface area contributed by atoms with Crippen LogP contribution < -0.4 is 5.32 Å². The van der Waals surface area contributed by atoms with Crippen LogP contribution in [0.5, 0.6) is 0 Å². The Labute approximate surface area is 121 Å². The first-order chi connectivity index (χ1) is 9.49. The summed E-state index contributed by atoms with van der Waals surface area (Å²) in [5.41, 5.74) is 0.466. The molecule has 20 heavy (non-hydrogen) atoms. The van der Waals surface area contributed by atoms with Gasteiger partial charge in [0.1, 0.15) is 0 Å². The Kier molecular flexibility index (Phi) is 6.65. The zero-order valence-electron chi connectivity index (χ0n) is 12.0. The molecular weight excluding hydrogens is 274 g/mol. The molecule has 1 N–H and O–H groups in total. The van der Waals surface area contributed by atoms with Crippen molar-refractivity contribution in [1.29, 1.82) is 5.26 Å². The Morgan fingerprint density at radius 2 is 1.90 bits per heavy atom. The SMILES string of the molecule is CNCCCN(C)CCS(=O)(=O)c1ccc(C#N)cc1. The number of nitriles is 1. The van der Waals surface area contributed by atoms with Gasteiger partial charge in [0.15, 0.2) is 9.84 Å². The van der Waals surface area contributed by atoms with Crippen LogP contribution in [0.15, 0.2) is 29.2 Å². The monoisotopic (exact) mass is 295 g/mol. The van der Waals surface area contributed by atoms with Crippen molar-refractivity contribution in [3.63, 3.8) is 0 Å². The number of nitrogens with zero attached hydrogens (tertiary/aromatic N) is 2. The van der Waals surface area contributed by atoms with Crippen LogP contribution in [0.25, 0.3) is 0 Å². The first-order valence-corrected chi connectivity index (χ1v) is 8.21. The number of rotatable bonds is 8. The molecule has 0 amide bonds. The van der Waals surface area contributed by atoms with Crippen LogP contribution in [-0.4, -0.2) is 52.8 Å². The fourth-order valence-corrected chi connectivity index (χ4v) is 3.11. The maximum absolute atomic E-state index is 12.1. The number of nitrogens with one attached hydrogen (secondary N) is 1. The Morgan fingerprint density at radius 3 is 2.45 bits per heavy atom. The molecule has 110 valence electrons. The van der Waals surface area contributed by atoms with Crippen molar-refractivity contribution >= 4 is 9.84 Å². The van der Waals surface area contributed by atoms with E-state index in [1.54, 1.807) is 0 Å². The molecule has 0 saturated heterocycles. The third-order valence-electron chi connectivity index (χ3n) is 3.05. The highest BCUT2D eigenvalue weighted by Crippen LogP contribution is 2.12. The Bertz CT molecular complexity index is 547. The fourth-order valence-electron chi connectivity index (χ4n) is 1.77. The van der Waals surface area contributed by atoms with Crippen LogP contribution in [0, 0.1) is 11.3 Å². The normalized spacial score (nSPS) is 11.5. The summed E-state index contributed by atoms with van der Waals surface area (Å²) in [5, 5.41) is 11.8. The molecule has 0 saturated carbocycles. The van der Waals surface area contributed by atoms with Gasteiger partial charge >= 0.3 is 0 Å².